The van der Waals surface area contributed by atoms with Crippen LogP contribution in [0.2, 0.25) is 0 Å². The van der Waals surface area contributed by atoms with Crippen LogP contribution in [0, 0.1) is 0 Å². The van der Waals surface area contributed by atoms with Crippen LogP contribution in [0.25, 0.3) is 0 Å². The SMILES string of the molecule is CN(CC(=O)NO)C(=O)OC(C)(C)C. The molecular weight excluding hydrogens is 188 g/mol. The van der Waals surface area contributed by atoms with Gasteiger partial charge in [-0.15, -0.1) is 0 Å². The normalized spacial score (nSPS) is 10.6. The molecule has 0 spiro atoms. The van der Waals surface area contributed by atoms with Gasteiger partial charge in [0, 0.05) is 7.05 Å². The molecule has 0 aliphatic carbocycles. The van der Waals surface area contributed by atoms with Gasteiger partial charge in [-0.05, 0) is 20.8 Å². The standard InChI is InChI=1S/C8H16N2O4/c1-8(2,3)14-7(12)10(4)5-6(11)9-13/h13H,5H2,1-4H3,(H,9,11). The Labute approximate surface area is 82.8 Å². The summed E-state index contributed by atoms with van der Waals surface area (Å²) in [5, 5.41) is 8.22. The van der Waals surface area contributed by atoms with Crippen LogP contribution in [0.4, 0.5) is 4.79 Å². The molecule has 0 heterocycles. The molecule has 0 aromatic rings. The van der Waals surface area contributed by atoms with Crippen molar-refractivity contribution in [1.82, 2.24) is 10.4 Å². The first-order valence-electron chi connectivity index (χ1n) is 4.13. The number of hydroxylamine groups is 1. The molecule has 0 saturated heterocycles. The lowest BCUT2D eigenvalue weighted by molar-refractivity contribution is -0.130. The number of nitrogens with one attached hydrogen (secondary N) is 1. The zero-order chi connectivity index (χ0) is 11.4. The Hall–Kier alpha value is -1.30. The molecule has 0 aromatic heterocycles. The Balaban J connectivity index is 4.07. The highest BCUT2D eigenvalue weighted by atomic mass is 16.6. The molecule has 82 valence electrons. The highest BCUT2D eigenvalue weighted by molar-refractivity contribution is 5.81. The number of carbonyl (C=O) groups excluding carboxylic acids is 2. The maximum atomic E-state index is 11.3. The van der Waals surface area contributed by atoms with Crippen molar-refractivity contribution in [2.24, 2.45) is 0 Å². The highest BCUT2D eigenvalue weighted by Crippen LogP contribution is 2.08. The van der Waals surface area contributed by atoms with Gasteiger partial charge >= 0.3 is 6.09 Å². The first-order chi connectivity index (χ1) is 6.26. The van der Waals surface area contributed by atoms with E-state index < -0.39 is 17.6 Å². The Morgan fingerprint density at radius 1 is 1.43 bits per heavy atom. The number of carbonyl (C=O) groups is 2. The van der Waals surface area contributed by atoms with Crippen molar-refractivity contribution in [2.45, 2.75) is 26.4 Å². The topological polar surface area (TPSA) is 78.9 Å². The van der Waals surface area contributed by atoms with Crippen LogP contribution in [-0.4, -0.2) is 41.3 Å². The second-order valence-corrected chi connectivity index (χ2v) is 3.87. The zero-order valence-corrected chi connectivity index (χ0v) is 8.83. The van der Waals surface area contributed by atoms with Crippen molar-refractivity contribution in [3.8, 4) is 0 Å². The molecule has 2 amide bonds. The third kappa shape index (κ3) is 5.36. The van der Waals surface area contributed by atoms with Gasteiger partial charge in [0.1, 0.15) is 12.1 Å². The first kappa shape index (κ1) is 12.7. The van der Waals surface area contributed by atoms with Gasteiger partial charge in [0.05, 0.1) is 0 Å². The molecule has 0 aliphatic heterocycles. The Kier molecular flexibility index (Phi) is 4.36. The quantitative estimate of drug-likeness (QED) is 0.502. The summed E-state index contributed by atoms with van der Waals surface area (Å²) in [5.41, 5.74) is 0.829. The summed E-state index contributed by atoms with van der Waals surface area (Å²) < 4.78 is 4.97. The van der Waals surface area contributed by atoms with Crippen LogP contribution in [-0.2, 0) is 9.53 Å². The summed E-state index contributed by atoms with van der Waals surface area (Å²) in [7, 11) is 1.41. The Bertz CT molecular complexity index is 222. The molecule has 14 heavy (non-hydrogen) atoms. The lowest BCUT2D eigenvalue weighted by Crippen LogP contribution is -2.40. The highest BCUT2D eigenvalue weighted by Gasteiger charge is 2.20. The largest absolute Gasteiger partial charge is 0.444 e. The average molecular weight is 204 g/mol. The molecule has 6 nitrogen and oxygen atoms in total. The molecule has 6 heteroatoms. The molecule has 0 fully saturated rings. The van der Waals surface area contributed by atoms with Crippen LogP contribution in [0.1, 0.15) is 20.8 Å². The first-order valence-corrected chi connectivity index (χ1v) is 4.13. The van der Waals surface area contributed by atoms with Crippen LogP contribution in [0.5, 0.6) is 0 Å². The number of hydrogen-bond acceptors (Lipinski definition) is 4. The molecule has 0 radical (unpaired) electrons. The Morgan fingerprint density at radius 2 is 1.93 bits per heavy atom. The second-order valence-electron chi connectivity index (χ2n) is 3.87. The fraction of sp³-hybridized carbons (Fsp3) is 0.750. The van der Waals surface area contributed by atoms with Crippen molar-refractivity contribution >= 4 is 12.0 Å². The third-order valence-corrected chi connectivity index (χ3v) is 1.21. The second kappa shape index (κ2) is 4.80. The minimum atomic E-state index is -0.668. The minimum Gasteiger partial charge on any atom is -0.444 e. The molecule has 0 unspecified atom stereocenters. The minimum absolute atomic E-state index is 0.245. The number of amides is 2. The fourth-order valence-corrected chi connectivity index (χ4v) is 0.655. The van der Waals surface area contributed by atoms with Crippen molar-refractivity contribution in [3.63, 3.8) is 0 Å². The van der Waals surface area contributed by atoms with E-state index in [0.29, 0.717) is 0 Å². The van der Waals surface area contributed by atoms with Crippen LogP contribution in [0.3, 0.4) is 0 Å². The number of ether oxygens (including phenoxy) is 1. The fourth-order valence-electron chi connectivity index (χ4n) is 0.655. The smallest absolute Gasteiger partial charge is 0.410 e. The summed E-state index contributed by atoms with van der Waals surface area (Å²) in [6.07, 6.45) is -0.610. The summed E-state index contributed by atoms with van der Waals surface area (Å²) in [5.74, 6) is -0.668. The maximum Gasteiger partial charge on any atom is 0.410 e. The molecule has 0 atom stereocenters. The predicted octanol–water partition coefficient (Wildman–Crippen LogP) is 0.359. The van der Waals surface area contributed by atoms with Gasteiger partial charge in [0.15, 0.2) is 0 Å². The predicted molar refractivity (Wildman–Crippen MR) is 48.8 cm³/mol. The van der Waals surface area contributed by atoms with Gasteiger partial charge < -0.3 is 9.64 Å². The lowest BCUT2D eigenvalue weighted by Gasteiger charge is -2.23. The van der Waals surface area contributed by atoms with Crippen LogP contribution < -0.4 is 5.48 Å². The molecular formula is C8H16N2O4. The summed E-state index contributed by atoms with van der Waals surface area (Å²) in [6, 6.07) is 0. The van der Waals surface area contributed by atoms with E-state index in [1.165, 1.54) is 12.5 Å². The molecule has 2 N–H and O–H groups in total. The van der Waals surface area contributed by atoms with Gasteiger partial charge in [-0.2, -0.15) is 0 Å². The van der Waals surface area contributed by atoms with E-state index in [9.17, 15) is 9.59 Å². The van der Waals surface area contributed by atoms with E-state index in [1.807, 2.05) is 0 Å². The summed E-state index contributed by atoms with van der Waals surface area (Å²) in [4.78, 5) is 23.0. The van der Waals surface area contributed by atoms with Gasteiger partial charge in [-0.25, -0.2) is 10.3 Å². The molecule has 0 aliphatic rings. The average Bonchev–Trinajstić information content (AvgIpc) is 2.00. The van der Waals surface area contributed by atoms with Crippen molar-refractivity contribution in [1.29, 1.82) is 0 Å². The van der Waals surface area contributed by atoms with Gasteiger partial charge in [0.25, 0.3) is 5.91 Å². The number of nitrogens with zero attached hydrogens (tertiary/aromatic N) is 1. The van der Waals surface area contributed by atoms with E-state index in [0.717, 1.165) is 4.90 Å². The van der Waals surface area contributed by atoms with E-state index in [4.69, 9.17) is 9.94 Å². The van der Waals surface area contributed by atoms with E-state index in [1.54, 1.807) is 20.8 Å². The van der Waals surface area contributed by atoms with Crippen molar-refractivity contribution < 1.29 is 19.5 Å². The number of rotatable bonds is 2. The zero-order valence-electron chi connectivity index (χ0n) is 8.83. The maximum absolute atomic E-state index is 11.3. The van der Waals surface area contributed by atoms with Gasteiger partial charge in [0.2, 0.25) is 0 Å². The van der Waals surface area contributed by atoms with Gasteiger partial charge in [-0.1, -0.05) is 0 Å². The monoisotopic (exact) mass is 204 g/mol. The van der Waals surface area contributed by atoms with Crippen molar-refractivity contribution in [2.75, 3.05) is 13.6 Å². The number of hydrogen-bond donors (Lipinski definition) is 2. The molecule has 0 rings (SSSR count). The van der Waals surface area contributed by atoms with E-state index >= 15 is 0 Å². The van der Waals surface area contributed by atoms with E-state index in [-0.39, 0.29) is 6.54 Å². The van der Waals surface area contributed by atoms with Gasteiger partial charge in [-0.3, -0.25) is 10.0 Å². The molecule has 0 aromatic carbocycles. The Morgan fingerprint density at radius 3 is 2.29 bits per heavy atom. The lowest BCUT2D eigenvalue weighted by atomic mass is 10.2. The number of likely N-dealkylation sites (N-methyl/N-ethyl adjacent to an activating group) is 1. The summed E-state index contributed by atoms with van der Waals surface area (Å²) in [6.45, 7) is 4.94. The van der Waals surface area contributed by atoms with E-state index in [2.05, 4.69) is 0 Å². The van der Waals surface area contributed by atoms with Crippen LogP contribution >= 0.6 is 0 Å². The van der Waals surface area contributed by atoms with Crippen LogP contribution in [0.15, 0.2) is 0 Å². The summed E-state index contributed by atoms with van der Waals surface area (Å²) >= 11 is 0. The third-order valence-electron chi connectivity index (χ3n) is 1.21. The van der Waals surface area contributed by atoms with Crippen molar-refractivity contribution in [3.05, 3.63) is 0 Å². The molecule has 0 bridgehead atoms. The molecule has 0 saturated carbocycles.